The maximum atomic E-state index is 6.02. The summed E-state index contributed by atoms with van der Waals surface area (Å²) in [7, 11) is 0. The highest BCUT2D eigenvalue weighted by molar-refractivity contribution is 6.16. The van der Waals surface area contributed by atoms with E-state index in [1.165, 1.54) is 5.56 Å². The summed E-state index contributed by atoms with van der Waals surface area (Å²) in [6.07, 6.45) is 1.80. The summed E-state index contributed by atoms with van der Waals surface area (Å²) in [5.74, 6) is 1.67. The van der Waals surface area contributed by atoms with E-state index < -0.39 is 0 Å². The Labute approximate surface area is 123 Å². The first-order valence-electron chi connectivity index (χ1n) is 6.70. The van der Waals surface area contributed by atoms with E-state index in [1.54, 1.807) is 6.20 Å². The fraction of sp³-hybridized carbons (Fsp3) is 0.250. The summed E-state index contributed by atoms with van der Waals surface area (Å²) < 4.78 is 2.12. The molecule has 1 unspecified atom stereocenters. The van der Waals surface area contributed by atoms with Crippen LogP contribution in [0.4, 0.5) is 0 Å². The topological polar surface area (TPSA) is 30.7 Å². The molecule has 2 aromatic heterocycles. The third-order valence-corrected chi connectivity index (χ3v) is 3.77. The number of pyridine rings is 1. The van der Waals surface area contributed by atoms with Gasteiger partial charge in [0.25, 0.3) is 0 Å². The molecule has 0 saturated heterocycles. The Bertz CT molecular complexity index is 706. The van der Waals surface area contributed by atoms with Crippen molar-refractivity contribution in [3.8, 4) is 0 Å². The first kappa shape index (κ1) is 13.1. The largest absolute Gasteiger partial charge is 0.311 e. The van der Waals surface area contributed by atoms with Crippen molar-refractivity contribution in [2.24, 2.45) is 0 Å². The zero-order valence-electron chi connectivity index (χ0n) is 11.3. The van der Waals surface area contributed by atoms with Gasteiger partial charge in [-0.1, -0.05) is 37.3 Å². The van der Waals surface area contributed by atoms with Gasteiger partial charge in [0, 0.05) is 12.7 Å². The van der Waals surface area contributed by atoms with E-state index in [2.05, 4.69) is 45.7 Å². The van der Waals surface area contributed by atoms with Crippen molar-refractivity contribution in [1.29, 1.82) is 0 Å². The van der Waals surface area contributed by atoms with E-state index in [-0.39, 0.29) is 0 Å². The van der Waals surface area contributed by atoms with Gasteiger partial charge in [-0.2, -0.15) is 0 Å². The maximum absolute atomic E-state index is 6.02. The van der Waals surface area contributed by atoms with E-state index in [0.717, 1.165) is 23.5 Å². The molecule has 0 radical (unpaired) electrons. The summed E-state index contributed by atoms with van der Waals surface area (Å²) in [6.45, 7) is 3.04. The molecule has 1 atom stereocenters. The van der Waals surface area contributed by atoms with Crippen LogP contribution in [0, 0.1) is 0 Å². The Morgan fingerprint density at radius 1 is 1.15 bits per heavy atom. The van der Waals surface area contributed by atoms with Crippen molar-refractivity contribution in [3.63, 3.8) is 0 Å². The highest BCUT2D eigenvalue weighted by Crippen LogP contribution is 2.22. The molecular formula is C16H16ClN3. The lowest BCUT2D eigenvalue weighted by Crippen LogP contribution is -2.09. The highest BCUT2D eigenvalue weighted by atomic mass is 35.5. The summed E-state index contributed by atoms with van der Waals surface area (Å²) in [5.41, 5.74) is 3.13. The van der Waals surface area contributed by atoms with Crippen LogP contribution in [0.15, 0.2) is 48.7 Å². The Balaban J connectivity index is 1.98. The average Bonchev–Trinajstić information content (AvgIpc) is 2.86. The minimum absolute atomic E-state index is 0.387. The second kappa shape index (κ2) is 5.63. The zero-order valence-corrected chi connectivity index (χ0v) is 12.1. The van der Waals surface area contributed by atoms with Gasteiger partial charge in [0.1, 0.15) is 11.3 Å². The molecule has 0 N–H and O–H groups in total. The molecule has 0 fully saturated rings. The number of alkyl halides is 1. The normalized spacial score (nSPS) is 12.7. The molecule has 2 heterocycles. The maximum Gasteiger partial charge on any atom is 0.160 e. The lowest BCUT2D eigenvalue weighted by molar-refractivity contribution is 0.591. The molecule has 0 spiro atoms. The molecule has 0 amide bonds. The van der Waals surface area contributed by atoms with Gasteiger partial charge in [-0.25, -0.2) is 9.97 Å². The number of nitrogens with zero attached hydrogens (tertiary/aromatic N) is 3. The van der Waals surface area contributed by atoms with Crippen molar-refractivity contribution in [2.75, 3.05) is 0 Å². The lowest BCUT2D eigenvalue weighted by Gasteiger charge is -2.14. The third-order valence-electron chi connectivity index (χ3n) is 3.53. The summed E-state index contributed by atoms with van der Waals surface area (Å²) in [5, 5.41) is 0. The van der Waals surface area contributed by atoms with Gasteiger partial charge in [0.2, 0.25) is 0 Å². The van der Waals surface area contributed by atoms with Crippen LogP contribution in [-0.2, 0) is 12.4 Å². The van der Waals surface area contributed by atoms with Crippen LogP contribution >= 0.6 is 11.6 Å². The highest BCUT2D eigenvalue weighted by Gasteiger charge is 2.14. The number of halogens is 1. The summed E-state index contributed by atoms with van der Waals surface area (Å²) in [6, 6.07) is 14.3. The Morgan fingerprint density at radius 2 is 1.95 bits per heavy atom. The van der Waals surface area contributed by atoms with Gasteiger partial charge in [0.05, 0.1) is 5.88 Å². The molecule has 102 valence electrons. The first-order chi connectivity index (χ1) is 9.79. The standard InChI is InChI=1S/C16H16ClN3/c1-12(13-6-3-2-4-7-13)11-20-15(10-17)19-14-8-5-9-18-16(14)20/h2-9,12H,10-11H2,1H3. The monoisotopic (exact) mass is 285 g/mol. The number of benzene rings is 1. The molecule has 0 aliphatic heterocycles. The average molecular weight is 286 g/mol. The number of hydrogen-bond acceptors (Lipinski definition) is 2. The van der Waals surface area contributed by atoms with Crippen molar-refractivity contribution in [1.82, 2.24) is 14.5 Å². The zero-order chi connectivity index (χ0) is 13.9. The van der Waals surface area contributed by atoms with Crippen LogP contribution in [0.5, 0.6) is 0 Å². The van der Waals surface area contributed by atoms with Crippen LogP contribution in [-0.4, -0.2) is 14.5 Å². The molecule has 3 aromatic rings. The SMILES string of the molecule is CC(Cn1c(CCl)nc2cccnc21)c1ccccc1. The van der Waals surface area contributed by atoms with E-state index in [0.29, 0.717) is 11.8 Å². The second-order valence-corrected chi connectivity index (χ2v) is 5.20. The van der Waals surface area contributed by atoms with Gasteiger partial charge in [0.15, 0.2) is 5.65 Å². The van der Waals surface area contributed by atoms with Crippen LogP contribution in [0.25, 0.3) is 11.2 Å². The molecule has 20 heavy (non-hydrogen) atoms. The van der Waals surface area contributed by atoms with E-state index in [4.69, 9.17) is 11.6 Å². The Hall–Kier alpha value is -1.87. The van der Waals surface area contributed by atoms with Gasteiger partial charge >= 0.3 is 0 Å². The summed E-state index contributed by atoms with van der Waals surface area (Å²) >= 11 is 6.02. The number of fused-ring (bicyclic) bond motifs is 1. The second-order valence-electron chi connectivity index (χ2n) is 4.93. The van der Waals surface area contributed by atoms with Gasteiger partial charge < -0.3 is 4.57 Å². The van der Waals surface area contributed by atoms with Crippen LogP contribution < -0.4 is 0 Å². The van der Waals surface area contributed by atoms with Crippen molar-refractivity contribution in [2.45, 2.75) is 25.3 Å². The molecular weight excluding hydrogens is 270 g/mol. The number of hydrogen-bond donors (Lipinski definition) is 0. The smallest absolute Gasteiger partial charge is 0.160 e. The third kappa shape index (κ3) is 2.41. The van der Waals surface area contributed by atoms with Gasteiger partial charge in [-0.15, -0.1) is 11.6 Å². The predicted molar refractivity (Wildman–Crippen MR) is 81.9 cm³/mol. The number of imidazole rings is 1. The van der Waals surface area contributed by atoms with Gasteiger partial charge in [-0.3, -0.25) is 0 Å². The van der Waals surface area contributed by atoms with E-state index in [9.17, 15) is 0 Å². The quantitative estimate of drug-likeness (QED) is 0.679. The van der Waals surface area contributed by atoms with Gasteiger partial charge in [-0.05, 0) is 23.6 Å². The molecule has 0 aliphatic rings. The van der Waals surface area contributed by atoms with Crippen molar-refractivity contribution >= 4 is 22.8 Å². The fourth-order valence-electron chi connectivity index (χ4n) is 2.46. The van der Waals surface area contributed by atoms with Crippen molar-refractivity contribution in [3.05, 3.63) is 60.0 Å². The lowest BCUT2D eigenvalue weighted by atomic mass is 10.0. The van der Waals surface area contributed by atoms with E-state index in [1.807, 2.05) is 18.2 Å². The minimum atomic E-state index is 0.387. The Kier molecular flexibility index (Phi) is 3.70. The number of rotatable bonds is 4. The summed E-state index contributed by atoms with van der Waals surface area (Å²) in [4.78, 5) is 8.98. The molecule has 1 aromatic carbocycles. The Morgan fingerprint density at radius 3 is 2.70 bits per heavy atom. The molecule has 0 aliphatic carbocycles. The predicted octanol–water partition coefficient (Wildman–Crippen LogP) is 3.97. The van der Waals surface area contributed by atoms with Crippen LogP contribution in [0.3, 0.4) is 0 Å². The molecule has 0 saturated carbocycles. The number of aromatic nitrogens is 3. The fourth-order valence-corrected chi connectivity index (χ4v) is 2.66. The van der Waals surface area contributed by atoms with Crippen LogP contribution in [0.1, 0.15) is 24.2 Å². The molecule has 4 heteroatoms. The minimum Gasteiger partial charge on any atom is -0.311 e. The van der Waals surface area contributed by atoms with E-state index >= 15 is 0 Å². The molecule has 3 nitrogen and oxygen atoms in total. The van der Waals surface area contributed by atoms with Crippen LogP contribution in [0.2, 0.25) is 0 Å². The first-order valence-corrected chi connectivity index (χ1v) is 7.24. The molecule has 0 bridgehead atoms. The molecule has 3 rings (SSSR count). The van der Waals surface area contributed by atoms with Crippen molar-refractivity contribution < 1.29 is 0 Å².